The Balaban J connectivity index is -0.000000421. The molecule has 0 spiro atoms. The van der Waals surface area contributed by atoms with E-state index in [1.54, 1.807) is 26.6 Å². The number of nitrogens with one attached hydrogen (secondary N) is 2. The number of carbonyl (C=O) groups excluding carboxylic acids is 3. The van der Waals surface area contributed by atoms with Gasteiger partial charge in [0.15, 0.2) is 0 Å². The zero-order chi connectivity index (χ0) is 23.8. The SMILES string of the molecule is C.C.CNC(Cc1cncn1C)C(=O)OC.CNCC(=O)OC.COC(=O)C1CCCN1C. The highest BCUT2D eigenvalue weighted by atomic mass is 16.5. The van der Waals surface area contributed by atoms with Gasteiger partial charge in [-0.1, -0.05) is 14.9 Å². The van der Waals surface area contributed by atoms with Crippen molar-refractivity contribution < 1.29 is 28.6 Å². The first-order valence-corrected chi connectivity index (χ1v) is 9.95. The Morgan fingerprint density at radius 3 is 2.09 bits per heavy atom. The Labute approximate surface area is 199 Å². The van der Waals surface area contributed by atoms with Crippen LogP contribution in [0.4, 0.5) is 0 Å². The van der Waals surface area contributed by atoms with Crippen molar-refractivity contribution in [2.75, 3.05) is 55.6 Å². The molecule has 0 bridgehead atoms. The minimum Gasteiger partial charge on any atom is -0.468 e. The number of nitrogens with zero attached hydrogens (tertiary/aromatic N) is 3. The number of carbonyl (C=O) groups is 3. The van der Waals surface area contributed by atoms with Crippen molar-refractivity contribution in [2.24, 2.45) is 7.05 Å². The van der Waals surface area contributed by atoms with Crippen LogP contribution in [0.5, 0.6) is 0 Å². The van der Waals surface area contributed by atoms with E-state index in [1.807, 2.05) is 23.6 Å². The number of aryl methyl sites for hydroxylation is 1. The molecule has 33 heavy (non-hydrogen) atoms. The first-order chi connectivity index (χ1) is 14.7. The molecule has 1 saturated heterocycles. The van der Waals surface area contributed by atoms with Gasteiger partial charge < -0.3 is 29.4 Å². The summed E-state index contributed by atoms with van der Waals surface area (Å²) in [4.78, 5) is 38.4. The molecule has 1 aliphatic rings. The van der Waals surface area contributed by atoms with E-state index in [2.05, 4.69) is 29.8 Å². The molecular formula is C22H45N5O6. The van der Waals surface area contributed by atoms with Gasteiger partial charge in [-0.2, -0.15) is 0 Å². The quantitative estimate of drug-likeness (QED) is 0.428. The molecule has 0 radical (unpaired) electrons. The maximum atomic E-state index is 11.3. The number of likely N-dealkylation sites (tertiary alicyclic amines) is 1. The lowest BCUT2D eigenvalue weighted by Crippen LogP contribution is -2.37. The van der Waals surface area contributed by atoms with E-state index < -0.39 is 0 Å². The van der Waals surface area contributed by atoms with Crippen LogP contribution in [-0.2, 0) is 42.1 Å². The van der Waals surface area contributed by atoms with E-state index in [0.29, 0.717) is 6.42 Å². The van der Waals surface area contributed by atoms with Crippen LogP contribution in [0.2, 0.25) is 0 Å². The van der Waals surface area contributed by atoms with Crippen molar-refractivity contribution >= 4 is 17.9 Å². The zero-order valence-corrected chi connectivity index (χ0v) is 19.6. The number of imidazole rings is 1. The van der Waals surface area contributed by atoms with E-state index in [0.717, 1.165) is 25.1 Å². The second-order valence-electron chi connectivity index (χ2n) is 6.83. The van der Waals surface area contributed by atoms with Gasteiger partial charge in [-0.25, -0.2) is 4.98 Å². The van der Waals surface area contributed by atoms with Crippen molar-refractivity contribution in [3.05, 3.63) is 18.2 Å². The number of ether oxygens (including phenoxy) is 3. The van der Waals surface area contributed by atoms with Crippen LogP contribution in [0.25, 0.3) is 0 Å². The molecule has 0 saturated carbocycles. The average Bonchev–Trinajstić information content (AvgIpc) is 3.39. The Morgan fingerprint density at radius 1 is 1.12 bits per heavy atom. The van der Waals surface area contributed by atoms with Gasteiger partial charge in [-0.15, -0.1) is 0 Å². The summed E-state index contributed by atoms with van der Waals surface area (Å²) in [6.07, 6.45) is 6.09. The predicted molar refractivity (Wildman–Crippen MR) is 129 cm³/mol. The second kappa shape index (κ2) is 20.1. The average molecular weight is 476 g/mol. The molecule has 0 aliphatic carbocycles. The van der Waals surface area contributed by atoms with Crippen molar-refractivity contribution in [1.29, 1.82) is 0 Å². The standard InChI is InChI=1S/C9H15N3O2.C7H13NO2.C4H9NO2.2CH4/c1-10-8(9(13)14-3)4-7-5-11-6-12(7)2;1-8-5-3-4-6(8)7(9)10-2;1-5-3-4(6)7-2;;/h5-6,8,10H,4H2,1-3H3;6H,3-5H2,1-2H3;5H,3H2,1-2H3;2*1H4. The molecule has 2 rings (SSSR count). The summed E-state index contributed by atoms with van der Waals surface area (Å²) in [5, 5.41) is 5.55. The molecule has 11 heteroatoms. The molecular weight excluding hydrogens is 430 g/mol. The Morgan fingerprint density at radius 2 is 1.76 bits per heavy atom. The molecule has 11 nitrogen and oxygen atoms in total. The van der Waals surface area contributed by atoms with Gasteiger partial charge in [0.2, 0.25) is 0 Å². The smallest absolute Gasteiger partial charge is 0.323 e. The van der Waals surface area contributed by atoms with Crippen molar-refractivity contribution in [2.45, 2.75) is 46.2 Å². The van der Waals surface area contributed by atoms with Crippen molar-refractivity contribution in [3.8, 4) is 0 Å². The molecule has 1 fully saturated rings. The molecule has 2 unspecified atom stereocenters. The zero-order valence-electron chi connectivity index (χ0n) is 19.6. The van der Waals surface area contributed by atoms with Crippen molar-refractivity contribution in [1.82, 2.24) is 25.1 Å². The van der Waals surface area contributed by atoms with Crippen LogP contribution in [0, 0.1) is 0 Å². The van der Waals surface area contributed by atoms with Crippen LogP contribution in [0.1, 0.15) is 33.4 Å². The Bertz CT molecular complexity index is 667. The summed E-state index contributed by atoms with van der Waals surface area (Å²) >= 11 is 0. The molecule has 2 N–H and O–H groups in total. The van der Waals surface area contributed by atoms with E-state index in [9.17, 15) is 14.4 Å². The molecule has 2 heterocycles. The summed E-state index contributed by atoms with van der Waals surface area (Å²) in [7, 11) is 11.5. The van der Waals surface area contributed by atoms with Crippen LogP contribution in [0.15, 0.2) is 12.5 Å². The lowest BCUT2D eigenvalue weighted by molar-refractivity contribution is -0.145. The minimum atomic E-state index is -0.310. The van der Waals surface area contributed by atoms with Gasteiger partial charge in [0.25, 0.3) is 0 Å². The first-order valence-electron chi connectivity index (χ1n) is 9.95. The van der Waals surface area contributed by atoms with Crippen molar-refractivity contribution in [3.63, 3.8) is 0 Å². The lowest BCUT2D eigenvalue weighted by atomic mass is 10.1. The lowest BCUT2D eigenvalue weighted by Gasteiger charge is -2.15. The largest absolute Gasteiger partial charge is 0.468 e. The van der Waals surface area contributed by atoms with Crippen LogP contribution >= 0.6 is 0 Å². The third-order valence-corrected chi connectivity index (χ3v) is 4.71. The van der Waals surface area contributed by atoms with Crippen LogP contribution in [0.3, 0.4) is 0 Å². The van der Waals surface area contributed by atoms with E-state index in [1.165, 1.54) is 21.3 Å². The Hall–Kier alpha value is -2.50. The van der Waals surface area contributed by atoms with E-state index in [4.69, 9.17) is 0 Å². The monoisotopic (exact) mass is 475 g/mol. The van der Waals surface area contributed by atoms with Gasteiger partial charge in [0.05, 0.1) is 34.2 Å². The van der Waals surface area contributed by atoms with Gasteiger partial charge in [0.1, 0.15) is 12.1 Å². The third-order valence-electron chi connectivity index (χ3n) is 4.71. The highest BCUT2D eigenvalue weighted by Gasteiger charge is 2.28. The predicted octanol–water partition coefficient (Wildman–Crippen LogP) is 0.628. The third kappa shape index (κ3) is 13.6. The van der Waals surface area contributed by atoms with Crippen LogP contribution in [-0.4, -0.2) is 100 Å². The number of hydrogen-bond donors (Lipinski definition) is 2. The fourth-order valence-electron chi connectivity index (χ4n) is 2.80. The summed E-state index contributed by atoms with van der Waals surface area (Å²) in [6.45, 7) is 1.30. The molecule has 1 aromatic heterocycles. The van der Waals surface area contributed by atoms with Gasteiger partial charge in [-0.3, -0.25) is 19.3 Å². The molecule has 1 aromatic rings. The fraction of sp³-hybridized carbons (Fsp3) is 0.727. The number of hydrogen-bond acceptors (Lipinski definition) is 10. The normalized spacial score (nSPS) is 15.2. The number of esters is 3. The summed E-state index contributed by atoms with van der Waals surface area (Å²) in [5.41, 5.74) is 0.995. The number of aromatic nitrogens is 2. The molecule has 194 valence electrons. The molecule has 2 atom stereocenters. The van der Waals surface area contributed by atoms with E-state index in [-0.39, 0.29) is 51.4 Å². The highest BCUT2D eigenvalue weighted by molar-refractivity contribution is 5.76. The molecule has 0 aromatic carbocycles. The summed E-state index contributed by atoms with van der Waals surface area (Å²) in [5.74, 6) is -0.587. The molecule has 1 aliphatic heterocycles. The van der Waals surface area contributed by atoms with Gasteiger partial charge >= 0.3 is 17.9 Å². The summed E-state index contributed by atoms with van der Waals surface area (Å²) in [6, 6.07) is -0.291. The second-order valence-corrected chi connectivity index (χ2v) is 6.83. The number of rotatable bonds is 7. The molecule has 0 amide bonds. The number of methoxy groups -OCH3 is 3. The Kier molecular flexibility index (Phi) is 21.4. The fourth-order valence-corrected chi connectivity index (χ4v) is 2.80. The van der Waals surface area contributed by atoms with Gasteiger partial charge in [0, 0.05) is 25.4 Å². The number of likely N-dealkylation sites (N-methyl/N-ethyl adjacent to an activating group) is 3. The topological polar surface area (TPSA) is 124 Å². The summed E-state index contributed by atoms with van der Waals surface area (Å²) < 4.78 is 15.5. The van der Waals surface area contributed by atoms with E-state index >= 15 is 0 Å². The first kappa shape index (κ1) is 35.1. The maximum Gasteiger partial charge on any atom is 0.323 e. The van der Waals surface area contributed by atoms with Crippen LogP contribution < -0.4 is 10.6 Å². The minimum absolute atomic E-state index is 0. The maximum absolute atomic E-state index is 11.3. The highest BCUT2D eigenvalue weighted by Crippen LogP contribution is 2.15. The van der Waals surface area contributed by atoms with Gasteiger partial charge in [-0.05, 0) is 40.5 Å².